The van der Waals surface area contributed by atoms with Crippen LogP contribution in [0.3, 0.4) is 0 Å². The largest absolute Gasteiger partial charge is 0.381 e. The van der Waals surface area contributed by atoms with Gasteiger partial charge in [-0.15, -0.1) is 35.3 Å². The number of thiazole rings is 1. The van der Waals surface area contributed by atoms with E-state index in [1.54, 1.807) is 11.3 Å². The van der Waals surface area contributed by atoms with Crippen molar-refractivity contribution < 1.29 is 4.74 Å². The molecule has 0 aliphatic carbocycles. The minimum absolute atomic E-state index is 0. The van der Waals surface area contributed by atoms with Crippen molar-refractivity contribution in [3.05, 3.63) is 16.1 Å². The fraction of sp³-hybridized carbons (Fsp3) is 0.750. The molecule has 1 unspecified atom stereocenters. The van der Waals surface area contributed by atoms with Crippen molar-refractivity contribution in [2.75, 3.05) is 39.4 Å². The summed E-state index contributed by atoms with van der Waals surface area (Å²) in [4.78, 5) is 12.8. The molecule has 1 aromatic rings. The third kappa shape index (κ3) is 6.93. The van der Waals surface area contributed by atoms with Crippen LogP contribution in [-0.4, -0.2) is 55.2 Å². The maximum Gasteiger partial charge on any atom is 0.193 e. The van der Waals surface area contributed by atoms with Crippen molar-refractivity contribution in [1.29, 1.82) is 0 Å². The Bertz CT molecular complexity index is 480. The van der Waals surface area contributed by atoms with Crippen LogP contribution in [0, 0.1) is 12.8 Å². The van der Waals surface area contributed by atoms with Gasteiger partial charge in [0.05, 0.1) is 11.6 Å². The summed E-state index contributed by atoms with van der Waals surface area (Å²) in [7, 11) is 0. The van der Waals surface area contributed by atoms with Gasteiger partial charge < -0.3 is 15.0 Å². The lowest BCUT2D eigenvalue weighted by atomic mass is 10.1. The smallest absolute Gasteiger partial charge is 0.193 e. The minimum Gasteiger partial charge on any atom is -0.381 e. The molecule has 1 aliphatic heterocycles. The molecule has 132 valence electrons. The van der Waals surface area contributed by atoms with E-state index < -0.39 is 0 Å². The molecule has 1 fully saturated rings. The van der Waals surface area contributed by atoms with E-state index in [9.17, 15) is 0 Å². The molecule has 0 aromatic carbocycles. The zero-order chi connectivity index (χ0) is 15.8. The molecule has 0 amide bonds. The Balaban J connectivity index is 0.00000264. The molecule has 23 heavy (non-hydrogen) atoms. The summed E-state index contributed by atoms with van der Waals surface area (Å²) in [5.74, 6) is 1.67. The molecule has 0 saturated carbocycles. The van der Waals surface area contributed by atoms with Gasteiger partial charge in [0.1, 0.15) is 0 Å². The third-order valence-corrected chi connectivity index (χ3v) is 4.71. The Morgan fingerprint density at radius 2 is 2.35 bits per heavy atom. The fourth-order valence-electron chi connectivity index (χ4n) is 2.65. The lowest BCUT2D eigenvalue weighted by Crippen LogP contribution is -2.40. The Kier molecular flexibility index (Phi) is 10.0. The molecule has 1 aromatic heterocycles. The lowest BCUT2D eigenvalue weighted by Gasteiger charge is -2.21. The number of guanidine groups is 1. The molecule has 1 saturated heterocycles. The average molecular weight is 452 g/mol. The van der Waals surface area contributed by atoms with Crippen molar-refractivity contribution in [2.24, 2.45) is 10.9 Å². The number of hydrogen-bond acceptors (Lipinski definition) is 4. The predicted octanol–water partition coefficient (Wildman–Crippen LogP) is 2.94. The Morgan fingerprint density at radius 1 is 1.52 bits per heavy atom. The molecule has 2 heterocycles. The van der Waals surface area contributed by atoms with Gasteiger partial charge in [0.2, 0.25) is 0 Å². The number of likely N-dealkylation sites (tertiary alicyclic amines) is 1. The van der Waals surface area contributed by atoms with Crippen LogP contribution in [-0.2, 0) is 11.2 Å². The molecule has 1 atom stereocenters. The van der Waals surface area contributed by atoms with E-state index in [0.29, 0.717) is 5.92 Å². The number of ether oxygens (including phenoxy) is 1. The first kappa shape index (κ1) is 20.6. The van der Waals surface area contributed by atoms with Gasteiger partial charge in [-0.2, -0.15) is 0 Å². The van der Waals surface area contributed by atoms with E-state index in [0.717, 1.165) is 51.8 Å². The normalized spacial score (nSPS) is 18.1. The molecule has 0 radical (unpaired) electrons. The van der Waals surface area contributed by atoms with Crippen LogP contribution in [0.1, 0.15) is 30.2 Å². The van der Waals surface area contributed by atoms with Crippen molar-refractivity contribution in [1.82, 2.24) is 15.2 Å². The number of halogens is 1. The zero-order valence-electron chi connectivity index (χ0n) is 14.4. The summed E-state index contributed by atoms with van der Waals surface area (Å²) in [6.45, 7) is 11.7. The van der Waals surface area contributed by atoms with Crippen LogP contribution < -0.4 is 5.32 Å². The summed E-state index contributed by atoms with van der Waals surface area (Å²) >= 11 is 1.76. The van der Waals surface area contributed by atoms with Crippen LogP contribution in [0.25, 0.3) is 0 Å². The highest BCUT2D eigenvalue weighted by atomic mass is 127. The lowest BCUT2D eigenvalue weighted by molar-refractivity contribution is 0.114. The SMILES string of the molecule is CCNC(=NCCc1ncc(C)s1)N1CCC(COCC)C1.I. The summed E-state index contributed by atoms with van der Waals surface area (Å²) in [6, 6.07) is 0. The standard InChI is InChI=1S/C16H28N4OS.HI/c1-4-17-16(18-8-6-15-19-10-13(3)22-15)20-9-7-14(11-20)12-21-5-2;/h10,14H,4-9,11-12H2,1-3H3,(H,17,18);1H. The van der Waals surface area contributed by atoms with Gasteiger partial charge in [0, 0.05) is 56.2 Å². The molecule has 0 spiro atoms. The second kappa shape index (κ2) is 11.2. The fourth-order valence-corrected chi connectivity index (χ4v) is 3.42. The van der Waals surface area contributed by atoms with Crippen LogP contribution >= 0.6 is 35.3 Å². The Labute approximate surface area is 160 Å². The first-order chi connectivity index (χ1) is 10.7. The molecule has 7 heteroatoms. The number of aryl methyl sites for hydroxylation is 1. The molecule has 1 N–H and O–H groups in total. The molecular formula is C16H29IN4OS. The van der Waals surface area contributed by atoms with Crippen LogP contribution in [0.5, 0.6) is 0 Å². The third-order valence-electron chi connectivity index (χ3n) is 3.73. The van der Waals surface area contributed by atoms with E-state index in [-0.39, 0.29) is 24.0 Å². The summed E-state index contributed by atoms with van der Waals surface area (Å²) < 4.78 is 5.55. The summed E-state index contributed by atoms with van der Waals surface area (Å²) in [5, 5.41) is 4.58. The first-order valence-corrected chi connectivity index (χ1v) is 9.06. The average Bonchev–Trinajstić information content (AvgIpc) is 3.13. The Hall–Kier alpha value is -0.410. The van der Waals surface area contributed by atoms with Gasteiger partial charge in [0.25, 0.3) is 0 Å². The van der Waals surface area contributed by atoms with Gasteiger partial charge in [-0.25, -0.2) is 4.98 Å². The molecular weight excluding hydrogens is 423 g/mol. The number of rotatable bonds is 7. The number of nitrogens with one attached hydrogen (secondary N) is 1. The molecule has 0 bridgehead atoms. The van der Waals surface area contributed by atoms with E-state index in [1.165, 1.54) is 16.3 Å². The van der Waals surface area contributed by atoms with Crippen molar-refractivity contribution in [3.63, 3.8) is 0 Å². The maximum absolute atomic E-state index is 5.55. The topological polar surface area (TPSA) is 49.8 Å². The number of aromatic nitrogens is 1. The Morgan fingerprint density at radius 3 is 3.00 bits per heavy atom. The maximum atomic E-state index is 5.55. The summed E-state index contributed by atoms with van der Waals surface area (Å²) in [5.41, 5.74) is 0. The van der Waals surface area contributed by atoms with Crippen LogP contribution in [0.15, 0.2) is 11.2 Å². The molecule has 1 aliphatic rings. The van der Waals surface area contributed by atoms with E-state index in [1.807, 2.05) is 6.20 Å². The van der Waals surface area contributed by atoms with E-state index >= 15 is 0 Å². The second-order valence-corrected chi connectivity index (χ2v) is 6.93. The number of nitrogens with zero attached hydrogens (tertiary/aromatic N) is 3. The van der Waals surface area contributed by atoms with E-state index in [4.69, 9.17) is 9.73 Å². The number of aliphatic imine (C=N–C) groups is 1. The molecule has 5 nitrogen and oxygen atoms in total. The van der Waals surface area contributed by atoms with Gasteiger partial charge in [0.15, 0.2) is 5.96 Å². The van der Waals surface area contributed by atoms with Crippen molar-refractivity contribution in [3.8, 4) is 0 Å². The quantitative estimate of drug-likeness (QED) is 0.393. The van der Waals surface area contributed by atoms with E-state index in [2.05, 4.69) is 36.0 Å². The predicted molar refractivity (Wildman–Crippen MR) is 108 cm³/mol. The molecule has 2 rings (SSSR count). The first-order valence-electron chi connectivity index (χ1n) is 8.25. The minimum atomic E-state index is 0. The van der Waals surface area contributed by atoms with Gasteiger partial charge >= 0.3 is 0 Å². The van der Waals surface area contributed by atoms with Gasteiger partial charge in [-0.1, -0.05) is 0 Å². The summed E-state index contributed by atoms with van der Waals surface area (Å²) in [6.07, 6.45) is 4.05. The van der Waals surface area contributed by atoms with Crippen molar-refractivity contribution in [2.45, 2.75) is 33.6 Å². The highest BCUT2D eigenvalue weighted by molar-refractivity contribution is 14.0. The van der Waals surface area contributed by atoms with Gasteiger partial charge in [-0.05, 0) is 27.2 Å². The highest BCUT2D eigenvalue weighted by Crippen LogP contribution is 2.17. The highest BCUT2D eigenvalue weighted by Gasteiger charge is 2.24. The number of hydrogen-bond donors (Lipinski definition) is 1. The second-order valence-electron chi connectivity index (χ2n) is 5.61. The van der Waals surface area contributed by atoms with Crippen LogP contribution in [0.4, 0.5) is 0 Å². The monoisotopic (exact) mass is 452 g/mol. The van der Waals surface area contributed by atoms with Crippen molar-refractivity contribution >= 4 is 41.3 Å². The van der Waals surface area contributed by atoms with Crippen LogP contribution in [0.2, 0.25) is 0 Å². The van der Waals surface area contributed by atoms with Gasteiger partial charge in [-0.3, -0.25) is 4.99 Å². The zero-order valence-corrected chi connectivity index (χ0v) is 17.5.